The molecule has 0 amide bonds. The van der Waals surface area contributed by atoms with Crippen molar-refractivity contribution in [1.82, 2.24) is 0 Å². The second kappa shape index (κ2) is 7.25. The quantitative estimate of drug-likeness (QED) is 0.742. The van der Waals surface area contributed by atoms with Gasteiger partial charge in [0.05, 0.1) is 30.0 Å². The monoisotopic (exact) mass is 389 g/mol. The Bertz CT molecular complexity index is 627. The van der Waals surface area contributed by atoms with Crippen LogP contribution < -0.4 is 14.8 Å². The summed E-state index contributed by atoms with van der Waals surface area (Å²) < 4.78 is 11.3. The zero-order chi connectivity index (χ0) is 15.4. The van der Waals surface area contributed by atoms with E-state index in [-0.39, 0.29) is 0 Å². The summed E-state index contributed by atoms with van der Waals surface area (Å²) >= 11 is 15.7. The first kappa shape index (κ1) is 16.3. The van der Waals surface area contributed by atoms with E-state index in [1.165, 1.54) is 0 Å². The van der Waals surface area contributed by atoms with E-state index in [4.69, 9.17) is 32.7 Å². The van der Waals surface area contributed by atoms with Gasteiger partial charge in [0.2, 0.25) is 0 Å². The van der Waals surface area contributed by atoms with Crippen LogP contribution in [0.5, 0.6) is 11.5 Å². The Hall–Kier alpha value is -1.10. The summed E-state index contributed by atoms with van der Waals surface area (Å²) in [4.78, 5) is 0. The molecular formula is C15H14BrCl2NO2. The molecule has 0 radical (unpaired) electrons. The molecule has 0 aromatic heterocycles. The summed E-state index contributed by atoms with van der Waals surface area (Å²) in [6.07, 6.45) is 0. The van der Waals surface area contributed by atoms with Crippen molar-refractivity contribution in [3.8, 4) is 11.5 Å². The van der Waals surface area contributed by atoms with E-state index in [9.17, 15) is 0 Å². The van der Waals surface area contributed by atoms with Crippen LogP contribution in [0.15, 0.2) is 34.8 Å². The fraction of sp³-hybridized carbons (Fsp3) is 0.200. The van der Waals surface area contributed by atoms with Crippen molar-refractivity contribution in [1.29, 1.82) is 0 Å². The van der Waals surface area contributed by atoms with Crippen LogP contribution in [0.4, 0.5) is 5.69 Å². The second-order valence-electron chi connectivity index (χ2n) is 4.29. The Balaban J connectivity index is 2.17. The van der Waals surface area contributed by atoms with Crippen LogP contribution in [0.3, 0.4) is 0 Å². The maximum atomic E-state index is 6.19. The van der Waals surface area contributed by atoms with Gasteiger partial charge in [0.25, 0.3) is 0 Å². The molecular weight excluding hydrogens is 377 g/mol. The van der Waals surface area contributed by atoms with Gasteiger partial charge in [-0.1, -0.05) is 45.2 Å². The maximum absolute atomic E-state index is 6.19. The molecule has 0 unspecified atom stereocenters. The largest absolute Gasteiger partial charge is 0.493 e. The third-order valence-corrected chi connectivity index (χ3v) is 3.98. The molecule has 21 heavy (non-hydrogen) atoms. The van der Waals surface area contributed by atoms with Gasteiger partial charge in [-0.05, 0) is 29.8 Å². The molecule has 0 bridgehead atoms. The van der Waals surface area contributed by atoms with Crippen LogP contribution in [0.25, 0.3) is 0 Å². The van der Waals surface area contributed by atoms with Crippen molar-refractivity contribution < 1.29 is 9.47 Å². The topological polar surface area (TPSA) is 30.5 Å². The highest BCUT2D eigenvalue weighted by molar-refractivity contribution is 9.10. The highest BCUT2D eigenvalue weighted by Gasteiger charge is 2.09. The van der Waals surface area contributed by atoms with Gasteiger partial charge in [-0.2, -0.15) is 0 Å². The molecule has 0 atom stereocenters. The SMILES string of the molecule is COc1ccc(CNc2c(Cl)cc(Br)cc2Cl)cc1OC. The predicted octanol–water partition coefficient (Wildman–Crippen LogP) is 5.39. The molecule has 0 aliphatic carbocycles. The van der Waals surface area contributed by atoms with Crippen LogP contribution >= 0.6 is 39.1 Å². The van der Waals surface area contributed by atoms with E-state index < -0.39 is 0 Å². The van der Waals surface area contributed by atoms with E-state index in [2.05, 4.69) is 21.2 Å². The summed E-state index contributed by atoms with van der Waals surface area (Å²) in [7, 11) is 3.22. The number of halogens is 3. The fourth-order valence-corrected chi connectivity index (χ4v) is 3.23. The van der Waals surface area contributed by atoms with Crippen molar-refractivity contribution in [3.05, 3.63) is 50.4 Å². The van der Waals surface area contributed by atoms with Crippen LogP contribution in [0, 0.1) is 0 Å². The molecule has 0 aliphatic rings. The lowest BCUT2D eigenvalue weighted by atomic mass is 10.2. The van der Waals surface area contributed by atoms with E-state index in [1.807, 2.05) is 18.2 Å². The number of rotatable bonds is 5. The van der Waals surface area contributed by atoms with E-state index in [1.54, 1.807) is 26.4 Å². The Morgan fingerprint density at radius 1 is 1.00 bits per heavy atom. The molecule has 0 aliphatic heterocycles. The number of benzene rings is 2. The predicted molar refractivity (Wildman–Crippen MR) is 91.0 cm³/mol. The molecule has 0 fully saturated rings. The van der Waals surface area contributed by atoms with E-state index in [0.717, 1.165) is 10.0 Å². The minimum absolute atomic E-state index is 0.565. The molecule has 6 heteroatoms. The summed E-state index contributed by atoms with van der Waals surface area (Å²) in [6.45, 7) is 0.571. The van der Waals surface area contributed by atoms with Gasteiger partial charge < -0.3 is 14.8 Å². The normalized spacial score (nSPS) is 10.3. The first-order chi connectivity index (χ1) is 10.0. The number of hydrogen-bond acceptors (Lipinski definition) is 3. The van der Waals surface area contributed by atoms with Gasteiger partial charge in [0.15, 0.2) is 11.5 Å². The zero-order valence-corrected chi connectivity index (χ0v) is 14.6. The van der Waals surface area contributed by atoms with Gasteiger partial charge in [-0.25, -0.2) is 0 Å². The Morgan fingerprint density at radius 3 is 2.19 bits per heavy atom. The number of nitrogens with one attached hydrogen (secondary N) is 1. The Labute approximate surface area is 142 Å². The highest BCUT2D eigenvalue weighted by Crippen LogP contribution is 2.34. The average molecular weight is 391 g/mol. The van der Waals surface area contributed by atoms with Crippen LogP contribution in [0.2, 0.25) is 10.0 Å². The smallest absolute Gasteiger partial charge is 0.161 e. The molecule has 0 saturated heterocycles. The van der Waals surface area contributed by atoms with Crippen molar-refractivity contribution in [2.75, 3.05) is 19.5 Å². The van der Waals surface area contributed by atoms with Gasteiger partial charge in [-0.3, -0.25) is 0 Å². The first-order valence-corrected chi connectivity index (χ1v) is 7.69. The molecule has 0 saturated carbocycles. The van der Waals surface area contributed by atoms with Gasteiger partial charge in [0, 0.05) is 11.0 Å². The molecule has 0 heterocycles. The molecule has 2 aromatic rings. The third-order valence-electron chi connectivity index (χ3n) is 2.92. The lowest BCUT2D eigenvalue weighted by Gasteiger charge is -2.13. The summed E-state index contributed by atoms with van der Waals surface area (Å²) in [5.41, 5.74) is 1.74. The fourth-order valence-electron chi connectivity index (χ4n) is 1.89. The zero-order valence-electron chi connectivity index (χ0n) is 11.5. The Kier molecular flexibility index (Phi) is 5.62. The lowest BCUT2D eigenvalue weighted by molar-refractivity contribution is 0.354. The molecule has 112 valence electrons. The second-order valence-corrected chi connectivity index (χ2v) is 6.02. The number of anilines is 1. The molecule has 2 rings (SSSR count). The maximum Gasteiger partial charge on any atom is 0.161 e. The van der Waals surface area contributed by atoms with E-state index >= 15 is 0 Å². The van der Waals surface area contributed by atoms with Gasteiger partial charge in [0.1, 0.15) is 0 Å². The third kappa shape index (κ3) is 3.96. The number of methoxy groups -OCH3 is 2. The molecule has 0 spiro atoms. The summed E-state index contributed by atoms with van der Waals surface area (Å²) in [5.74, 6) is 1.38. The number of hydrogen-bond donors (Lipinski definition) is 1. The van der Waals surface area contributed by atoms with Gasteiger partial charge >= 0.3 is 0 Å². The summed E-state index contributed by atoms with van der Waals surface area (Å²) in [6, 6.07) is 9.32. The van der Waals surface area contributed by atoms with Crippen molar-refractivity contribution in [3.63, 3.8) is 0 Å². The lowest BCUT2D eigenvalue weighted by Crippen LogP contribution is -2.01. The van der Waals surface area contributed by atoms with E-state index in [0.29, 0.717) is 33.8 Å². The van der Waals surface area contributed by atoms with Crippen LogP contribution in [0.1, 0.15) is 5.56 Å². The average Bonchev–Trinajstić information content (AvgIpc) is 2.45. The number of ether oxygens (including phenoxy) is 2. The molecule has 1 N–H and O–H groups in total. The molecule has 3 nitrogen and oxygen atoms in total. The van der Waals surface area contributed by atoms with Crippen LogP contribution in [-0.4, -0.2) is 14.2 Å². The van der Waals surface area contributed by atoms with Crippen molar-refractivity contribution in [2.45, 2.75) is 6.54 Å². The minimum Gasteiger partial charge on any atom is -0.493 e. The summed E-state index contributed by atoms with van der Waals surface area (Å²) in [5, 5.41) is 4.36. The first-order valence-electron chi connectivity index (χ1n) is 6.14. The van der Waals surface area contributed by atoms with Crippen LogP contribution in [-0.2, 0) is 6.54 Å². The van der Waals surface area contributed by atoms with Crippen molar-refractivity contribution >= 4 is 44.8 Å². The highest BCUT2D eigenvalue weighted by atomic mass is 79.9. The minimum atomic E-state index is 0.565. The molecule has 2 aromatic carbocycles. The standard InChI is InChI=1S/C15H14BrCl2NO2/c1-20-13-4-3-9(5-14(13)21-2)8-19-15-11(17)6-10(16)7-12(15)18/h3-7,19H,8H2,1-2H3. The van der Waals surface area contributed by atoms with Gasteiger partial charge in [-0.15, -0.1) is 0 Å². The van der Waals surface area contributed by atoms with Crippen molar-refractivity contribution in [2.24, 2.45) is 0 Å². The Morgan fingerprint density at radius 2 is 1.62 bits per heavy atom.